The summed E-state index contributed by atoms with van der Waals surface area (Å²) in [4.78, 5) is 0. The Morgan fingerprint density at radius 2 is 2.05 bits per heavy atom. The first-order valence-electron chi connectivity index (χ1n) is 6.84. The van der Waals surface area contributed by atoms with E-state index in [0.717, 1.165) is 5.56 Å². The fourth-order valence-corrected chi connectivity index (χ4v) is 2.02. The molecule has 0 bridgehead atoms. The van der Waals surface area contributed by atoms with Crippen molar-refractivity contribution in [3.05, 3.63) is 17.7 Å². The van der Waals surface area contributed by atoms with E-state index in [1.165, 1.54) is 12.8 Å². The van der Waals surface area contributed by atoms with Gasteiger partial charge < -0.3 is 29.7 Å². The van der Waals surface area contributed by atoms with Crippen LogP contribution in [0.1, 0.15) is 18.4 Å². The molecule has 0 spiro atoms. The van der Waals surface area contributed by atoms with Crippen molar-refractivity contribution in [3.8, 4) is 17.2 Å². The van der Waals surface area contributed by atoms with Crippen LogP contribution in [0.4, 0.5) is 0 Å². The molecule has 3 rings (SSSR count). The minimum atomic E-state index is -0.885. The van der Waals surface area contributed by atoms with E-state index >= 15 is 0 Å². The van der Waals surface area contributed by atoms with Crippen LogP contribution < -0.4 is 19.5 Å². The van der Waals surface area contributed by atoms with Crippen LogP contribution in [0, 0.1) is 0 Å². The molecular weight excluding hydrogens is 262 g/mol. The molecule has 1 aromatic rings. The molecule has 1 saturated carbocycles. The van der Waals surface area contributed by atoms with E-state index in [0.29, 0.717) is 29.8 Å². The molecule has 3 N–H and O–H groups in total. The first-order valence-corrected chi connectivity index (χ1v) is 6.84. The lowest BCUT2D eigenvalue weighted by molar-refractivity contribution is 0.0532. The van der Waals surface area contributed by atoms with Crippen LogP contribution in [0.15, 0.2) is 12.1 Å². The molecule has 1 aromatic carbocycles. The Morgan fingerprint density at radius 1 is 1.30 bits per heavy atom. The van der Waals surface area contributed by atoms with Crippen molar-refractivity contribution in [2.24, 2.45) is 0 Å². The maximum Gasteiger partial charge on any atom is 0.231 e. The van der Waals surface area contributed by atoms with E-state index in [2.05, 4.69) is 5.32 Å². The zero-order valence-electron chi connectivity index (χ0n) is 11.2. The molecule has 0 saturated heterocycles. The summed E-state index contributed by atoms with van der Waals surface area (Å²) in [6.45, 7) is 0.631. The number of ether oxygens (including phenoxy) is 3. The van der Waals surface area contributed by atoms with Gasteiger partial charge in [0.15, 0.2) is 11.5 Å². The lowest BCUT2D eigenvalue weighted by atomic mass is 10.1. The van der Waals surface area contributed by atoms with Gasteiger partial charge in [-0.25, -0.2) is 0 Å². The van der Waals surface area contributed by atoms with Gasteiger partial charge in [-0.1, -0.05) is 0 Å². The normalized spacial score (nSPS) is 18.1. The Morgan fingerprint density at radius 3 is 2.75 bits per heavy atom. The van der Waals surface area contributed by atoms with Crippen LogP contribution >= 0.6 is 0 Å². The average molecular weight is 281 g/mol. The molecule has 110 valence electrons. The lowest BCUT2D eigenvalue weighted by Gasteiger charge is -2.15. The average Bonchev–Trinajstić information content (AvgIpc) is 3.19. The molecule has 1 atom stereocenters. The van der Waals surface area contributed by atoms with Gasteiger partial charge in [-0.2, -0.15) is 0 Å². The quantitative estimate of drug-likeness (QED) is 0.671. The largest absolute Gasteiger partial charge is 0.490 e. The van der Waals surface area contributed by atoms with Crippen molar-refractivity contribution in [1.82, 2.24) is 5.32 Å². The second-order valence-electron chi connectivity index (χ2n) is 5.12. The summed E-state index contributed by atoms with van der Waals surface area (Å²) in [7, 11) is 0. The van der Waals surface area contributed by atoms with E-state index in [1.54, 1.807) is 6.07 Å². The van der Waals surface area contributed by atoms with Crippen LogP contribution in [0.5, 0.6) is 17.2 Å². The minimum Gasteiger partial charge on any atom is -0.490 e. The van der Waals surface area contributed by atoms with Gasteiger partial charge in [-0.3, -0.25) is 0 Å². The molecule has 1 fully saturated rings. The van der Waals surface area contributed by atoms with Gasteiger partial charge in [0.2, 0.25) is 6.79 Å². The number of benzene rings is 1. The summed E-state index contributed by atoms with van der Waals surface area (Å²) in [6, 6.07) is 4.27. The fraction of sp³-hybridized carbons (Fsp3) is 0.571. The van der Waals surface area contributed by atoms with E-state index in [-0.39, 0.29) is 20.0 Å². The third-order valence-corrected chi connectivity index (χ3v) is 3.36. The summed E-state index contributed by atoms with van der Waals surface area (Å²) in [6.07, 6.45) is 1.54. The molecule has 6 heteroatoms. The van der Waals surface area contributed by atoms with Gasteiger partial charge in [-0.15, -0.1) is 0 Å². The molecule has 0 aromatic heterocycles. The molecule has 1 unspecified atom stereocenters. The van der Waals surface area contributed by atoms with Gasteiger partial charge in [0.05, 0.1) is 6.61 Å². The predicted molar refractivity (Wildman–Crippen MR) is 71.0 cm³/mol. The fourth-order valence-electron chi connectivity index (χ4n) is 2.02. The Bertz CT molecular complexity index is 475. The van der Waals surface area contributed by atoms with Crippen LogP contribution in [0.2, 0.25) is 0 Å². The number of hydrogen-bond acceptors (Lipinski definition) is 6. The molecule has 20 heavy (non-hydrogen) atoms. The summed E-state index contributed by atoms with van der Waals surface area (Å²) in [5, 5.41) is 21.6. The highest BCUT2D eigenvalue weighted by molar-refractivity contribution is 5.51. The Labute approximate surface area is 117 Å². The van der Waals surface area contributed by atoms with Gasteiger partial charge in [0, 0.05) is 24.2 Å². The van der Waals surface area contributed by atoms with Gasteiger partial charge in [-0.05, 0) is 18.9 Å². The smallest absolute Gasteiger partial charge is 0.231 e. The summed E-state index contributed by atoms with van der Waals surface area (Å²) >= 11 is 0. The van der Waals surface area contributed by atoms with Crippen molar-refractivity contribution in [2.45, 2.75) is 31.5 Å². The van der Waals surface area contributed by atoms with E-state index in [1.807, 2.05) is 6.07 Å². The molecule has 2 aliphatic rings. The van der Waals surface area contributed by atoms with Gasteiger partial charge in [0.25, 0.3) is 0 Å². The molecular formula is C14H19NO5. The Hall–Kier alpha value is -1.50. The minimum absolute atomic E-state index is 0.0482. The second-order valence-corrected chi connectivity index (χ2v) is 5.12. The molecule has 1 aliphatic carbocycles. The van der Waals surface area contributed by atoms with Crippen molar-refractivity contribution < 1.29 is 24.4 Å². The van der Waals surface area contributed by atoms with Crippen molar-refractivity contribution in [3.63, 3.8) is 0 Å². The number of rotatable bonds is 7. The highest BCUT2D eigenvalue weighted by Crippen LogP contribution is 2.38. The van der Waals surface area contributed by atoms with E-state index in [4.69, 9.17) is 19.3 Å². The SMILES string of the molecule is OCC(O)COc1cc2c(cc1CNC1CC1)OCO2. The van der Waals surface area contributed by atoms with E-state index in [9.17, 15) is 5.11 Å². The van der Waals surface area contributed by atoms with Crippen LogP contribution in [0.25, 0.3) is 0 Å². The molecule has 1 aliphatic heterocycles. The van der Waals surface area contributed by atoms with Crippen LogP contribution in [0.3, 0.4) is 0 Å². The summed E-state index contributed by atoms with van der Waals surface area (Å²) in [5.74, 6) is 2.01. The lowest BCUT2D eigenvalue weighted by Crippen LogP contribution is -2.22. The maximum atomic E-state index is 9.39. The first-order chi connectivity index (χ1) is 9.76. The second kappa shape index (κ2) is 5.87. The molecule has 1 heterocycles. The van der Waals surface area contributed by atoms with Gasteiger partial charge in [0.1, 0.15) is 18.5 Å². The van der Waals surface area contributed by atoms with Crippen LogP contribution in [-0.4, -0.2) is 42.4 Å². The highest BCUT2D eigenvalue weighted by Gasteiger charge is 2.23. The molecule has 0 radical (unpaired) electrons. The first kappa shape index (κ1) is 13.5. The van der Waals surface area contributed by atoms with Gasteiger partial charge >= 0.3 is 0 Å². The topological polar surface area (TPSA) is 80.2 Å². The highest BCUT2D eigenvalue weighted by atomic mass is 16.7. The zero-order valence-corrected chi connectivity index (χ0v) is 11.2. The Balaban J connectivity index is 1.73. The zero-order chi connectivity index (χ0) is 13.9. The number of aliphatic hydroxyl groups excluding tert-OH is 2. The monoisotopic (exact) mass is 281 g/mol. The third kappa shape index (κ3) is 3.15. The number of fused-ring (bicyclic) bond motifs is 1. The van der Waals surface area contributed by atoms with Crippen molar-refractivity contribution in [1.29, 1.82) is 0 Å². The standard InChI is InChI=1S/C14H19NO5/c16-6-11(17)7-18-12-4-14-13(19-8-20-14)3-9(12)5-15-10-1-2-10/h3-4,10-11,15-17H,1-2,5-8H2. The maximum absolute atomic E-state index is 9.39. The number of nitrogens with one attached hydrogen (secondary N) is 1. The summed E-state index contributed by atoms with van der Waals surface area (Å²) in [5.41, 5.74) is 0.964. The van der Waals surface area contributed by atoms with E-state index < -0.39 is 6.10 Å². The molecule has 6 nitrogen and oxygen atoms in total. The van der Waals surface area contributed by atoms with Crippen LogP contribution in [-0.2, 0) is 6.54 Å². The Kier molecular flexibility index (Phi) is 3.95. The number of aliphatic hydroxyl groups is 2. The summed E-state index contributed by atoms with van der Waals surface area (Å²) < 4.78 is 16.3. The van der Waals surface area contributed by atoms with Crippen molar-refractivity contribution >= 4 is 0 Å². The predicted octanol–water partition coefficient (Wildman–Crippen LogP) is 0.399. The van der Waals surface area contributed by atoms with Crippen molar-refractivity contribution in [2.75, 3.05) is 20.0 Å². The molecule has 0 amide bonds. The number of hydrogen-bond donors (Lipinski definition) is 3. The third-order valence-electron chi connectivity index (χ3n) is 3.36.